The predicted octanol–water partition coefficient (Wildman–Crippen LogP) is 0.00700. The molecule has 0 saturated carbocycles. The van der Waals surface area contributed by atoms with Crippen molar-refractivity contribution >= 4 is 11.8 Å². The third-order valence-corrected chi connectivity index (χ3v) is 2.18. The summed E-state index contributed by atoms with van der Waals surface area (Å²) >= 11 is 1.78. The van der Waals surface area contributed by atoms with Crippen LogP contribution >= 0.6 is 11.8 Å². The zero-order valence-corrected chi connectivity index (χ0v) is 7.34. The average Bonchev–Trinajstić information content (AvgIpc) is 2.37. The molecular weight excluding hydrogens is 160 g/mol. The van der Waals surface area contributed by atoms with Gasteiger partial charge in [0.25, 0.3) is 0 Å². The molecule has 0 fully saturated rings. The first kappa shape index (κ1) is 8.55. The Labute approximate surface area is 70.1 Å². The monoisotopic (exact) mass is 172 g/mol. The summed E-state index contributed by atoms with van der Waals surface area (Å²) in [4.78, 5) is 1.57. The van der Waals surface area contributed by atoms with Crippen molar-refractivity contribution in [2.45, 2.75) is 5.75 Å². The Morgan fingerprint density at radius 3 is 3.09 bits per heavy atom. The van der Waals surface area contributed by atoms with Crippen LogP contribution in [0.25, 0.3) is 0 Å². The van der Waals surface area contributed by atoms with Crippen molar-refractivity contribution < 1.29 is 0 Å². The van der Waals surface area contributed by atoms with E-state index in [4.69, 9.17) is 5.73 Å². The SMILES string of the molecule is Cn1ncc(CSCCN)n1. The van der Waals surface area contributed by atoms with Crippen LogP contribution in [0.15, 0.2) is 6.20 Å². The maximum absolute atomic E-state index is 5.34. The lowest BCUT2D eigenvalue weighted by molar-refractivity contribution is 0.649. The second-order valence-corrected chi connectivity index (χ2v) is 3.27. The quantitative estimate of drug-likeness (QED) is 0.650. The van der Waals surface area contributed by atoms with Gasteiger partial charge in [0.2, 0.25) is 0 Å². The van der Waals surface area contributed by atoms with Crippen molar-refractivity contribution in [2.75, 3.05) is 12.3 Å². The van der Waals surface area contributed by atoms with Gasteiger partial charge in [-0.15, -0.1) is 0 Å². The summed E-state index contributed by atoms with van der Waals surface area (Å²) in [5, 5.41) is 8.08. The normalized spacial score (nSPS) is 10.4. The molecule has 0 aliphatic heterocycles. The van der Waals surface area contributed by atoms with Gasteiger partial charge in [-0.3, -0.25) is 0 Å². The van der Waals surface area contributed by atoms with Gasteiger partial charge in [0.05, 0.1) is 11.9 Å². The molecule has 11 heavy (non-hydrogen) atoms. The van der Waals surface area contributed by atoms with Gasteiger partial charge >= 0.3 is 0 Å². The Hall–Kier alpha value is -0.550. The predicted molar refractivity (Wildman–Crippen MR) is 46.2 cm³/mol. The molecule has 0 bridgehead atoms. The number of aromatic nitrogens is 3. The van der Waals surface area contributed by atoms with E-state index in [2.05, 4.69) is 10.2 Å². The summed E-state index contributed by atoms with van der Waals surface area (Å²) in [6.07, 6.45) is 1.78. The summed E-state index contributed by atoms with van der Waals surface area (Å²) < 4.78 is 0. The number of nitrogens with two attached hydrogens (primary N) is 1. The van der Waals surface area contributed by atoms with Crippen LogP contribution in [-0.2, 0) is 12.8 Å². The maximum Gasteiger partial charge on any atom is 0.0925 e. The van der Waals surface area contributed by atoms with Crippen LogP contribution in [0.2, 0.25) is 0 Å². The van der Waals surface area contributed by atoms with Gasteiger partial charge in [-0.05, 0) is 0 Å². The first-order valence-electron chi connectivity index (χ1n) is 3.46. The lowest BCUT2D eigenvalue weighted by Gasteiger charge is -1.93. The Morgan fingerprint density at radius 2 is 2.55 bits per heavy atom. The van der Waals surface area contributed by atoms with Crippen molar-refractivity contribution in [3.05, 3.63) is 11.9 Å². The number of hydrogen-bond acceptors (Lipinski definition) is 4. The first-order valence-corrected chi connectivity index (χ1v) is 4.61. The number of hydrogen-bond donors (Lipinski definition) is 1. The molecule has 0 unspecified atom stereocenters. The molecule has 0 atom stereocenters. The van der Waals surface area contributed by atoms with Crippen molar-refractivity contribution in [1.82, 2.24) is 15.0 Å². The van der Waals surface area contributed by atoms with Crippen molar-refractivity contribution in [1.29, 1.82) is 0 Å². The fraction of sp³-hybridized carbons (Fsp3) is 0.667. The highest BCUT2D eigenvalue weighted by atomic mass is 32.2. The van der Waals surface area contributed by atoms with E-state index < -0.39 is 0 Å². The molecule has 5 heteroatoms. The molecule has 0 amide bonds. The second-order valence-electron chi connectivity index (χ2n) is 2.17. The summed E-state index contributed by atoms with van der Waals surface area (Å²) in [5.74, 6) is 1.89. The Morgan fingerprint density at radius 1 is 1.73 bits per heavy atom. The summed E-state index contributed by atoms with van der Waals surface area (Å²) in [5.41, 5.74) is 6.36. The fourth-order valence-electron chi connectivity index (χ4n) is 0.714. The molecule has 2 N–H and O–H groups in total. The van der Waals surface area contributed by atoms with Gasteiger partial charge in [0.15, 0.2) is 0 Å². The number of nitrogens with zero attached hydrogens (tertiary/aromatic N) is 3. The largest absolute Gasteiger partial charge is 0.330 e. The smallest absolute Gasteiger partial charge is 0.0925 e. The molecule has 1 heterocycles. The van der Waals surface area contributed by atoms with Crippen molar-refractivity contribution in [3.8, 4) is 0 Å². The highest BCUT2D eigenvalue weighted by molar-refractivity contribution is 7.98. The molecule has 0 aromatic carbocycles. The zero-order chi connectivity index (χ0) is 8.10. The number of aryl methyl sites for hydroxylation is 1. The van der Waals surface area contributed by atoms with Crippen LogP contribution in [0.4, 0.5) is 0 Å². The van der Waals surface area contributed by atoms with E-state index in [-0.39, 0.29) is 0 Å². The molecule has 1 rings (SSSR count). The third kappa shape index (κ3) is 2.90. The highest BCUT2D eigenvalue weighted by Crippen LogP contribution is 2.06. The van der Waals surface area contributed by atoms with E-state index in [1.807, 2.05) is 7.05 Å². The van der Waals surface area contributed by atoms with Gasteiger partial charge in [-0.1, -0.05) is 0 Å². The Bertz CT molecular complexity index is 210. The number of rotatable bonds is 4. The third-order valence-electron chi connectivity index (χ3n) is 1.16. The highest BCUT2D eigenvalue weighted by Gasteiger charge is 1.96. The van der Waals surface area contributed by atoms with E-state index in [1.54, 1.807) is 22.8 Å². The topological polar surface area (TPSA) is 56.7 Å². The molecule has 1 aromatic rings. The van der Waals surface area contributed by atoms with Crippen molar-refractivity contribution in [2.24, 2.45) is 12.8 Å². The Kier molecular flexibility index (Phi) is 3.38. The van der Waals surface area contributed by atoms with Crippen LogP contribution < -0.4 is 5.73 Å². The van der Waals surface area contributed by atoms with E-state index >= 15 is 0 Å². The molecule has 4 nitrogen and oxygen atoms in total. The van der Waals surface area contributed by atoms with Gasteiger partial charge in [-0.25, -0.2) is 0 Å². The molecule has 1 aromatic heterocycles. The lowest BCUT2D eigenvalue weighted by atomic mass is 10.6. The van der Waals surface area contributed by atoms with Crippen LogP contribution in [0.5, 0.6) is 0 Å². The van der Waals surface area contributed by atoms with Gasteiger partial charge in [-0.2, -0.15) is 26.8 Å². The summed E-state index contributed by atoms with van der Waals surface area (Å²) in [7, 11) is 1.82. The van der Waals surface area contributed by atoms with Gasteiger partial charge in [0.1, 0.15) is 0 Å². The molecule has 0 radical (unpaired) electrons. The van der Waals surface area contributed by atoms with Crippen molar-refractivity contribution in [3.63, 3.8) is 0 Å². The average molecular weight is 172 g/mol. The molecular formula is C6H12N4S. The maximum atomic E-state index is 5.34. The second kappa shape index (κ2) is 4.35. The van der Waals surface area contributed by atoms with Crippen LogP contribution in [0.3, 0.4) is 0 Å². The van der Waals surface area contributed by atoms with E-state index in [0.29, 0.717) is 0 Å². The number of thioether (sulfide) groups is 1. The minimum Gasteiger partial charge on any atom is -0.330 e. The van der Waals surface area contributed by atoms with E-state index in [9.17, 15) is 0 Å². The zero-order valence-electron chi connectivity index (χ0n) is 6.53. The van der Waals surface area contributed by atoms with Gasteiger partial charge < -0.3 is 5.73 Å². The molecule has 0 saturated heterocycles. The van der Waals surface area contributed by atoms with Crippen LogP contribution in [-0.4, -0.2) is 27.3 Å². The molecule has 0 spiro atoms. The first-order chi connectivity index (χ1) is 5.33. The summed E-state index contributed by atoms with van der Waals surface area (Å²) in [6.45, 7) is 0.727. The standard InChI is InChI=1S/C6H12N4S/c1-10-8-4-6(9-10)5-11-3-2-7/h4H,2-3,5,7H2,1H3. The molecule has 0 aliphatic rings. The molecule has 62 valence electrons. The van der Waals surface area contributed by atoms with Gasteiger partial charge in [0, 0.05) is 25.1 Å². The minimum atomic E-state index is 0.727. The Balaban J connectivity index is 2.27. The van der Waals surface area contributed by atoms with Crippen LogP contribution in [0.1, 0.15) is 5.69 Å². The van der Waals surface area contributed by atoms with E-state index in [0.717, 1.165) is 23.7 Å². The molecule has 0 aliphatic carbocycles. The minimum absolute atomic E-state index is 0.727. The van der Waals surface area contributed by atoms with E-state index in [1.165, 1.54) is 0 Å². The summed E-state index contributed by atoms with van der Waals surface area (Å²) in [6, 6.07) is 0. The van der Waals surface area contributed by atoms with Crippen LogP contribution in [0, 0.1) is 0 Å². The fourth-order valence-corrected chi connectivity index (χ4v) is 1.37. The lowest BCUT2D eigenvalue weighted by Crippen LogP contribution is -2.01.